The highest BCUT2D eigenvalue weighted by Crippen LogP contribution is 2.65. The van der Waals surface area contributed by atoms with Crippen LogP contribution in [0.2, 0.25) is 0 Å². The van der Waals surface area contributed by atoms with Crippen molar-refractivity contribution in [1.82, 2.24) is 0 Å². The lowest BCUT2D eigenvalue weighted by molar-refractivity contribution is 0.589. The Kier molecular flexibility index (Phi) is 15.2. The molecule has 0 fully saturated rings. The molecular weight excluding hydrogens is 1190 g/mol. The first-order valence-corrected chi connectivity index (χ1v) is 34.9. The second-order valence-corrected chi connectivity index (χ2v) is 32.2. The van der Waals surface area contributed by atoms with Crippen molar-refractivity contribution < 1.29 is 8.83 Å². The van der Waals surface area contributed by atoms with Crippen LogP contribution in [-0.2, 0) is 32.5 Å². The van der Waals surface area contributed by atoms with Crippen molar-refractivity contribution in [3.63, 3.8) is 0 Å². The molecule has 15 rings (SSSR count). The number of para-hydroxylation sites is 4. The molecule has 98 heavy (non-hydrogen) atoms. The minimum atomic E-state index is -1.02. The lowest BCUT2D eigenvalue weighted by Gasteiger charge is -2.37. The summed E-state index contributed by atoms with van der Waals surface area (Å²) in [5, 5.41) is 4.17. The fourth-order valence-electron chi connectivity index (χ4n) is 15.1. The summed E-state index contributed by atoms with van der Waals surface area (Å²) in [4.78, 5) is 7.28. The Labute approximate surface area is 579 Å². The minimum absolute atomic E-state index is 0.0149. The summed E-state index contributed by atoms with van der Waals surface area (Å²) in [6, 6.07) is 100.0. The van der Waals surface area contributed by atoms with Crippen molar-refractivity contribution in [2.24, 2.45) is 0 Å². The standard InChI is InChI=1S/C93H89N3O2/c1-88(2,3)60-34-36-65(37-35-60)93(66-46-56-71(57-47-66)94(69-48-38-61(39-49-69)89(4,5)6)70-50-40-62(41-51-70)90(7,8)9)76-58-78(95(67-26-18-16-19-27-67)72-52-42-63(43-53-72)91(10,11)12)86-82(74-30-22-24-32-80(74)97-86)84(76)85-77(93)59-79(87-83(85)75-31-23-25-33-81(75)98-87)96(68-28-20-17-21-29-68)73-54-44-64(45-55-73)92(13,14)15/h16-59H,1-15H3. The molecule has 14 aromatic rings. The Hall–Kier alpha value is -10.4. The van der Waals surface area contributed by atoms with Gasteiger partial charge in [0.05, 0.1) is 16.8 Å². The van der Waals surface area contributed by atoms with Crippen molar-refractivity contribution in [3.05, 3.63) is 317 Å². The molecule has 488 valence electrons. The Bertz CT molecular complexity index is 4990. The number of hydrogen-bond donors (Lipinski definition) is 0. The van der Waals surface area contributed by atoms with Gasteiger partial charge in [0.15, 0.2) is 11.2 Å². The van der Waals surface area contributed by atoms with Gasteiger partial charge in [-0.15, -0.1) is 0 Å². The molecule has 1 aliphatic rings. The molecule has 0 amide bonds. The van der Waals surface area contributed by atoms with Crippen LogP contribution in [0.15, 0.2) is 276 Å². The summed E-state index contributed by atoms with van der Waals surface area (Å²) in [6.45, 7) is 34.4. The lowest BCUT2D eigenvalue weighted by Crippen LogP contribution is -2.29. The molecule has 0 bridgehead atoms. The van der Waals surface area contributed by atoms with Gasteiger partial charge in [0, 0.05) is 61.4 Å². The van der Waals surface area contributed by atoms with Crippen LogP contribution in [0.25, 0.3) is 55.0 Å². The third-order valence-electron chi connectivity index (χ3n) is 20.5. The zero-order valence-electron chi connectivity index (χ0n) is 59.6. The van der Waals surface area contributed by atoms with Crippen LogP contribution in [0, 0.1) is 0 Å². The van der Waals surface area contributed by atoms with E-state index >= 15 is 0 Å². The largest absolute Gasteiger partial charge is 0.454 e. The third kappa shape index (κ3) is 10.9. The van der Waals surface area contributed by atoms with Crippen LogP contribution in [0.1, 0.15) is 154 Å². The number of nitrogens with zero attached hydrogens (tertiary/aromatic N) is 3. The summed E-state index contributed by atoms with van der Waals surface area (Å²) in [5.74, 6) is 0. The zero-order valence-corrected chi connectivity index (χ0v) is 59.6. The fraction of sp³-hybridized carbons (Fsp3) is 0.226. The van der Waals surface area contributed by atoms with Crippen LogP contribution < -0.4 is 14.7 Å². The van der Waals surface area contributed by atoms with Crippen LogP contribution in [0.4, 0.5) is 51.2 Å². The van der Waals surface area contributed by atoms with Crippen molar-refractivity contribution in [1.29, 1.82) is 0 Å². The Balaban J connectivity index is 1.12. The molecule has 5 nitrogen and oxygen atoms in total. The Morgan fingerprint density at radius 1 is 0.255 bits per heavy atom. The molecule has 0 atom stereocenters. The van der Waals surface area contributed by atoms with E-state index in [0.29, 0.717) is 0 Å². The SMILES string of the molecule is CC(C)(C)c1ccc(N(c2ccc(C(C)(C)C)cc2)c2ccc(C3(c4ccc(C(C)(C)C)cc4)c4cc(N(c5ccccc5)c5ccc(C(C)(C)C)cc5)c5oc6ccccc6c5c4-c4c3cc(N(c3ccccc3)c3ccc(C(C)(C)C)cc3)c3oc5ccccc5c43)cc2)cc1. The van der Waals surface area contributed by atoms with Crippen molar-refractivity contribution in [2.75, 3.05) is 14.7 Å². The summed E-state index contributed by atoms with van der Waals surface area (Å²) < 4.78 is 15.1. The monoisotopic (exact) mass is 1280 g/mol. The molecule has 12 aromatic carbocycles. The van der Waals surface area contributed by atoms with Crippen LogP contribution >= 0.6 is 0 Å². The molecular formula is C93H89N3O2. The Morgan fingerprint density at radius 3 is 0.806 bits per heavy atom. The Morgan fingerprint density at radius 2 is 0.500 bits per heavy atom. The highest BCUT2D eigenvalue weighted by molar-refractivity contribution is 6.27. The number of fused-ring (bicyclic) bond motifs is 11. The van der Waals surface area contributed by atoms with Gasteiger partial charge >= 0.3 is 0 Å². The highest BCUT2D eigenvalue weighted by Gasteiger charge is 2.51. The molecule has 0 saturated carbocycles. The number of rotatable bonds is 11. The second-order valence-electron chi connectivity index (χ2n) is 32.2. The van der Waals surface area contributed by atoms with E-state index in [1.165, 1.54) is 27.8 Å². The first-order valence-electron chi connectivity index (χ1n) is 34.9. The lowest BCUT2D eigenvalue weighted by atomic mass is 9.67. The molecule has 0 saturated heterocycles. The number of anilines is 9. The maximum Gasteiger partial charge on any atom is 0.160 e. The van der Waals surface area contributed by atoms with E-state index in [1.807, 2.05) is 0 Å². The maximum absolute atomic E-state index is 7.55. The van der Waals surface area contributed by atoms with Gasteiger partial charge in [-0.2, -0.15) is 0 Å². The molecule has 5 heteroatoms. The summed E-state index contributed by atoms with van der Waals surface area (Å²) in [6.07, 6.45) is 0. The summed E-state index contributed by atoms with van der Waals surface area (Å²) in [5.41, 5.74) is 24.3. The van der Waals surface area contributed by atoms with E-state index in [1.54, 1.807) is 0 Å². The van der Waals surface area contributed by atoms with Crippen LogP contribution in [0.3, 0.4) is 0 Å². The van der Waals surface area contributed by atoms with Crippen LogP contribution in [-0.4, -0.2) is 0 Å². The quantitative estimate of drug-likeness (QED) is 0.129. The first kappa shape index (κ1) is 63.7. The number of hydrogen-bond acceptors (Lipinski definition) is 5. The van der Waals surface area contributed by atoms with Crippen molar-refractivity contribution in [2.45, 2.75) is 136 Å². The predicted molar refractivity (Wildman–Crippen MR) is 416 cm³/mol. The normalized spacial score (nSPS) is 13.3. The molecule has 0 aliphatic heterocycles. The second kappa shape index (κ2) is 23.4. The summed E-state index contributed by atoms with van der Waals surface area (Å²) >= 11 is 0. The molecule has 2 heterocycles. The third-order valence-corrected chi connectivity index (χ3v) is 20.5. The molecule has 0 unspecified atom stereocenters. The van der Waals surface area contributed by atoms with E-state index < -0.39 is 5.41 Å². The highest BCUT2D eigenvalue weighted by atomic mass is 16.3. The molecule has 1 aliphatic carbocycles. The predicted octanol–water partition coefficient (Wildman–Crippen LogP) is 26.7. The van der Waals surface area contributed by atoms with Gasteiger partial charge in [-0.05, 0) is 197 Å². The molecule has 0 radical (unpaired) electrons. The van der Waals surface area contributed by atoms with Crippen molar-refractivity contribution in [3.8, 4) is 11.1 Å². The van der Waals surface area contributed by atoms with Gasteiger partial charge in [-0.25, -0.2) is 0 Å². The average Bonchev–Trinajstić information content (AvgIpc) is 1.50. The van der Waals surface area contributed by atoms with E-state index in [9.17, 15) is 0 Å². The van der Waals surface area contributed by atoms with Gasteiger partial charge < -0.3 is 23.5 Å². The van der Waals surface area contributed by atoms with E-state index in [0.717, 1.165) is 128 Å². The summed E-state index contributed by atoms with van der Waals surface area (Å²) in [7, 11) is 0. The minimum Gasteiger partial charge on any atom is -0.454 e. The van der Waals surface area contributed by atoms with Gasteiger partial charge in [0.1, 0.15) is 11.2 Å². The fourth-order valence-corrected chi connectivity index (χ4v) is 15.1. The van der Waals surface area contributed by atoms with E-state index in [4.69, 9.17) is 8.83 Å². The molecule has 0 N–H and O–H groups in total. The topological polar surface area (TPSA) is 36.0 Å². The van der Waals surface area contributed by atoms with E-state index in [-0.39, 0.29) is 27.1 Å². The zero-order chi connectivity index (χ0) is 68.4. The maximum atomic E-state index is 7.55. The smallest absolute Gasteiger partial charge is 0.160 e. The van der Waals surface area contributed by atoms with Gasteiger partial charge in [-0.3, -0.25) is 0 Å². The van der Waals surface area contributed by atoms with E-state index in [2.05, 4.69) is 385 Å². The van der Waals surface area contributed by atoms with Gasteiger partial charge in [0.25, 0.3) is 0 Å². The average molecular weight is 1280 g/mol. The van der Waals surface area contributed by atoms with Gasteiger partial charge in [-0.1, -0.05) is 262 Å². The number of furan rings is 2. The van der Waals surface area contributed by atoms with Crippen LogP contribution in [0.5, 0.6) is 0 Å². The van der Waals surface area contributed by atoms with Gasteiger partial charge in [0.2, 0.25) is 0 Å². The van der Waals surface area contributed by atoms with Crippen molar-refractivity contribution >= 4 is 95.1 Å². The first-order chi connectivity index (χ1) is 46.8. The number of benzene rings is 12. The molecule has 2 aromatic heterocycles. The molecule has 0 spiro atoms.